The molecule has 0 amide bonds. The summed E-state index contributed by atoms with van der Waals surface area (Å²) >= 11 is 0. The molecule has 106 valence electrons. The molecule has 0 unspecified atom stereocenters. The average molecular weight is 269 g/mol. The molecule has 0 radical (unpaired) electrons. The fourth-order valence-electron chi connectivity index (χ4n) is 2.36. The molecule has 0 aliphatic heterocycles. The lowest BCUT2D eigenvalue weighted by atomic mass is 10.1. The molecule has 0 aromatic heterocycles. The Kier molecular flexibility index (Phi) is 5.78. The third-order valence-electron chi connectivity index (χ3n) is 3.57. The summed E-state index contributed by atoms with van der Waals surface area (Å²) in [6, 6.07) is 17.0. The fourth-order valence-corrected chi connectivity index (χ4v) is 2.36. The van der Waals surface area contributed by atoms with Gasteiger partial charge in [0.25, 0.3) is 0 Å². The Bertz CT molecular complexity index is 536. The van der Waals surface area contributed by atoms with E-state index in [0.29, 0.717) is 6.61 Å². The zero-order valence-corrected chi connectivity index (χ0v) is 12.4. The van der Waals surface area contributed by atoms with Crippen molar-refractivity contribution < 1.29 is 4.74 Å². The first-order valence-corrected chi connectivity index (χ1v) is 7.12. The molecular formula is C18H23NO. The minimum absolute atomic E-state index is 0.676. The van der Waals surface area contributed by atoms with Crippen LogP contribution in [-0.4, -0.2) is 13.7 Å². The summed E-state index contributed by atoms with van der Waals surface area (Å²) < 4.78 is 5.23. The summed E-state index contributed by atoms with van der Waals surface area (Å²) in [5.41, 5.74) is 5.37. The van der Waals surface area contributed by atoms with Gasteiger partial charge in [0.05, 0.1) is 6.61 Å². The lowest BCUT2D eigenvalue weighted by molar-refractivity contribution is 0.184. The molecule has 2 rings (SSSR count). The van der Waals surface area contributed by atoms with Crippen molar-refractivity contribution in [2.24, 2.45) is 0 Å². The lowest BCUT2D eigenvalue weighted by Gasteiger charge is -2.10. The van der Waals surface area contributed by atoms with Gasteiger partial charge in [0.1, 0.15) is 0 Å². The molecular weight excluding hydrogens is 246 g/mol. The standard InChI is InChI=1S/C18H23NO/c1-15-7-3-4-8-16(15)11-12-19-13-17-9-5-6-10-18(17)14-20-2/h3-10,19H,11-14H2,1-2H3. The van der Waals surface area contributed by atoms with Crippen molar-refractivity contribution in [1.29, 1.82) is 0 Å². The van der Waals surface area contributed by atoms with Crippen molar-refractivity contribution in [3.8, 4) is 0 Å². The Balaban J connectivity index is 1.83. The second-order valence-corrected chi connectivity index (χ2v) is 5.05. The zero-order chi connectivity index (χ0) is 14.2. The van der Waals surface area contributed by atoms with E-state index in [1.807, 2.05) is 0 Å². The highest BCUT2D eigenvalue weighted by atomic mass is 16.5. The smallest absolute Gasteiger partial charge is 0.0716 e. The van der Waals surface area contributed by atoms with Crippen LogP contribution in [0.15, 0.2) is 48.5 Å². The number of benzene rings is 2. The van der Waals surface area contributed by atoms with Gasteiger partial charge in [-0.1, -0.05) is 48.5 Å². The molecule has 0 spiro atoms. The highest BCUT2D eigenvalue weighted by Gasteiger charge is 2.01. The number of ether oxygens (including phenoxy) is 1. The molecule has 2 aromatic rings. The van der Waals surface area contributed by atoms with E-state index in [2.05, 4.69) is 60.8 Å². The van der Waals surface area contributed by atoms with Crippen LogP contribution in [0.1, 0.15) is 22.3 Å². The van der Waals surface area contributed by atoms with Crippen LogP contribution >= 0.6 is 0 Å². The summed E-state index contributed by atoms with van der Waals surface area (Å²) in [4.78, 5) is 0. The Morgan fingerprint density at radius 3 is 2.25 bits per heavy atom. The molecule has 2 nitrogen and oxygen atoms in total. The summed E-state index contributed by atoms with van der Waals surface area (Å²) in [7, 11) is 1.74. The molecule has 0 bridgehead atoms. The van der Waals surface area contributed by atoms with Gasteiger partial charge in [-0.05, 0) is 42.1 Å². The van der Waals surface area contributed by atoms with Crippen molar-refractivity contribution in [3.63, 3.8) is 0 Å². The first kappa shape index (κ1) is 14.8. The molecule has 0 aliphatic carbocycles. The summed E-state index contributed by atoms with van der Waals surface area (Å²) in [5.74, 6) is 0. The van der Waals surface area contributed by atoms with Gasteiger partial charge in [0, 0.05) is 13.7 Å². The van der Waals surface area contributed by atoms with Crippen LogP contribution in [0.4, 0.5) is 0 Å². The normalized spacial score (nSPS) is 10.7. The second-order valence-electron chi connectivity index (χ2n) is 5.05. The Morgan fingerprint density at radius 1 is 0.900 bits per heavy atom. The van der Waals surface area contributed by atoms with Crippen LogP contribution in [0, 0.1) is 6.92 Å². The van der Waals surface area contributed by atoms with E-state index in [1.165, 1.54) is 22.3 Å². The number of methoxy groups -OCH3 is 1. The second kappa shape index (κ2) is 7.83. The number of nitrogens with one attached hydrogen (secondary N) is 1. The van der Waals surface area contributed by atoms with E-state index in [4.69, 9.17) is 4.74 Å². The maximum Gasteiger partial charge on any atom is 0.0716 e. The van der Waals surface area contributed by atoms with Gasteiger partial charge in [0.2, 0.25) is 0 Å². The van der Waals surface area contributed by atoms with Crippen molar-refractivity contribution >= 4 is 0 Å². The van der Waals surface area contributed by atoms with E-state index in [1.54, 1.807) is 7.11 Å². The number of hydrogen-bond donors (Lipinski definition) is 1. The largest absolute Gasteiger partial charge is 0.380 e. The Hall–Kier alpha value is -1.64. The van der Waals surface area contributed by atoms with Crippen molar-refractivity contribution in [3.05, 3.63) is 70.8 Å². The third-order valence-corrected chi connectivity index (χ3v) is 3.57. The average Bonchev–Trinajstić information content (AvgIpc) is 2.47. The highest BCUT2D eigenvalue weighted by molar-refractivity contribution is 5.27. The van der Waals surface area contributed by atoms with E-state index >= 15 is 0 Å². The van der Waals surface area contributed by atoms with Gasteiger partial charge < -0.3 is 10.1 Å². The summed E-state index contributed by atoms with van der Waals surface area (Å²) in [5, 5.41) is 3.52. The SMILES string of the molecule is COCc1ccccc1CNCCc1ccccc1C. The van der Waals surface area contributed by atoms with Crippen LogP contribution in [0.25, 0.3) is 0 Å². The van der Waals surface area contributed by atoms with E-state index in [0.717, 1.165) is 19.5 Å². The van der Waals surface area contributed by atoms with Crippen molar-refractivity contribution in [2.45, 2.75) is 26.5 Å². The summed E-state index contributed by atoms with van der Waals surface area (Å²) in [6.45, 7) is 4.73. The maximum absolute atomic E-state index is 5.23. The monoisotopic (exact) mass is 269 g/mol. The Morgan fingerprint density at radius 2 is 1.55 bits per heavy atom. The number of aryl methyl sites for hydroxylation is 1. The lowest BCUT2D eigenvalue weighted by Crippen LogP contribution is -2.18. The fraction of sp³-hybridized carbons (Fsp3) is 0.333. The molecule has 20 heavy (non-hydrogen) atoms. The van der Waals surface area contributed by atoms with Gasteiger partial charge in [-0.2, -0.15) is 0 Å². The minimum atomic E-state index is 0.676. The summed E-state index contributed by atoms with van der Waals surface area (Å²) in [6.07, 6.45) is 1.07. The van der Waals surface area contributed by atoms with Crippen molar-refractivity contribution in [1.82, 2.24) is 5.32 Å². The van der Waals surface area contributed by atoms with Gasteiger partial charge in [-0.15, -0.1) is 0 Å². The van der Waals surface area contributed by atoms with Crippen LogP contribution in [-0.2, 0) is 24.3 Å². The van der Waals surface area contributed by atoms with Crippen LogP contribution < -0.4 is 5.32 Å². The first-order valence-electron chi connectivity index (χ1n) is 7.12. The third kappa shape index (κ3) is 4.19. The molecule has 0 saturated carbocycles. The molecule has 1 N–H and O–H groups in total. The molecule has 2 aromatic carbocycles. The molecule has 0 heterocycles. The van der Waals surface area contributed by atoms with Crippen LogP contribution in [0.3, 0.4) is 0 Å². The molecule has 0 saturated heterocycles. The topological polar surface area (TPSA) is 21.3 Å². The van der Waals surface area contributed by atoms with Crippen LogP contribution in [0.2, 0.25) is 0 Å². The van der Waals surface area contributed by atoms with Gasteiger partial charge in [-0.25, -0.2) is 0 Å². The van der Waals surface area contributed by atoms with Gasteiger partial charge in [-0.3, -0.25) is 0 Å². The first-order chi connectivity index (χ1) is 9.81. The molecule has 0 fully saturated rings. The number of hydrogen-bond acceptors (Lipinski definition) is 2. The zero-order valence-electron chi connectivity index (χ0n) is 12.4. The van der Waals surface area contributed by atoms with E-state index in [-0.39, 0.29) is 0 Å². The molecule has 0 aliphatic rings. The van der Waals surface area contributed by atoms with Gasteiger partial charge in [0.15, 0.2) is 0 Å². The maximum atomic E-state index is 5.23. The molecule has 2 heteroatoms. The predicted molar refractivity (Wildman–Crippen MR) is 83.7 cm³/mol. The van der Waals surface area contributed by atoms with Crippen molar-refractivity contribution in [2.75, 3.05) is 13.7 Å². The quantitative estimate of drug-likeness (QED) is 0.777. The molecule has 0 atom stereocenters. The number of rotatable bonds is 7. The van der Waals surface area contributed by atoms with Gasteiger partial charge >= 0.3 is 0 Å². The predicted octanol–water partition coefficient (Wildman–Crippen LogP) is 3.47. The Labute approximate surface area is 121 Å². The van der Waals surface area contributed by atoms with Crippen LogP contribution in [0.5, 0.6) is 0 Å². The minimum Gasteiger partial charge on any atom is -0.380 e. The highest BCUT2D eigenvalue weighted by Crippen LogP contribution is 2.10. The van der Waals surface area contributed by atoms with E-state index < -0.39 is 0 Å². The van der Waals surface area contributed by atoms with E-state index in [9.17, 15) is 0 Å².